The van der Waals surface area contributed by atoms with Crippen LogP contribution in [0.5, 0.6) is 0 Å². The monoisotopic (exact) mass is 400 g/mol. The van der Waals surface area contributed by atoms with E-state index in [-0.39, 0.29) is 17.5 Å². The van der Waals surface area contributed by atoms with Gasteiger partial charge in [0, 0.05) is 41.7 Å². The Bertz CT molecular complexity index is 1090. The second-order valence-corrected chi connectivity index (χ2v) is 8.13. The Morgan fingerprint density at radius 2 is 1.80 bits per heavy atom. The summed E-state index contributed by atoms with van der Waals surface area (Å²) in [5.74, 6) is -0.537. The third-order valence-corrected chi connectivity index (χ3v) is 6.20. The predicted molar refractivity (Wildman–Crippen MR) is 121 cm³/mol. The van der Waals surface area contributed by atoms with Crippen LogP contribution in [0, 0.1) is 12.8 Å². The van der Waals surface area contributed by atoms with Crippen LogP contribution in [-0.4, -0.2) is 28.8 Å². The standard InChI is InChI=1S/C26H28N2O2/c1-3-24(29)26-23(15-19(16-25(26)30)18-9-5-4-6-10-18)27-14-13-20-17(2)28-22-12-8-7-11-21(20)22/h4-12,19,26,28H,3,13-16H2,1-2H3/t19-,26+/m1/s1. The van der Waals surface area contributed by atoms with E-state index in [0.29, 0.717) is 25.8 Å². The number of carbonyl (C=O) groups excluding carboxylic acids is 2. The Hall–Kier alpha value is -3.01. The molecule has 1 heterocycles. The lowest BCUT2D eigenvalue weighted by molar-refractivity contribution is -0.130. The minimum Gasteiger partial charge on any atom is -0.358 e. The third-order valence-electron chi connectivity index (χ3n) is 6.20. The molecule has 1 aromatic heterocycles. The molecule has 0 unspecified atom stereocenters. The summed E-state index contributed by atoms with van der Waals surface area (Å²) in [6, 6.07) is 18.4. The number of aromatic amines is 1. The maximum atomic E-state index is 12.9. The summed E-state index contributed by atoms with van der Waals surface area (Å²) in [6.45, 7) is 4.49. The number of nitrogens with one attached hydrogen (secondary N) is 1. The van der Waals surface area contributed by atoms with Crippen LogP contribution in [0.4, 0.5) is 0 Å². The summed E-state index contributed by atoms with van der Waals surface area (Å²) < 4.78 is 0. The third kappa shape index (κ3) is 4.00. The van der Waals surface area contributed by atoms with E-state index in [1.807, 2.05) is 37.3 Å². The zero-order valence-corrected chi connectivity index (χ0v) is 17.7. The van der Waals surface area contributed by atoms with Gasteiger partial charge in [0.05, 0.1) is 0 Å². The molecule has 0 radical (unpaired) electrons. The molecule has 2 atom stereocenters. The average molecular weight is 401 g/mol. The van der Waals surface area contributed by atoms with Crippen LogP contribution in [0.3, 0.4) is 0 Å². The van der Waals surface area contributed by atoms with E-state index in [1.165, 1.54) is 10.9 Å². The molecule has 1 aliphatic carbocycles. The molecule has 0 saturated heterocycles. The van der Waals surface area contributed by atoms with Crippen molar-refractivity contribution in [3.63, 3.8) is 0 Å². The van der Waals surface area contributed by atoms with Crippen LogP contribution in [0.15, 0.2) is 59.6 Å². The number of aryl methyl sites for hydroxylation is 1. The molecular formula is C26H28N2O2. The first-order valence-electron chi connectivity index (χ1n) is 10.8. The summed E-state index contributed by atoms with van der Waals surface area (Å²) in [6.07, 6.45) is 2.25. The molecule has 1 N–H and O–H groups in total. The molecule has 4 rings (SSSR count). The topological polar surface area (TPSA) is 62.3 Å². The largest absolute Gasteiger partial charge is 0.358 e. The van der Waals surface area contributed by atoms with E-state index >= 15 is 0 Å². The van der Waals surface area contributed by atoms with E-state index in [0.717, 1.165) is 28.9 Å². The first-order valence-corrected chi connectivity index (χ1v) is 10.8. The van der Waals surface area contributed by atoms with Crippen molar-refractivity contribution in [2.75, 3.05) is 6.54 Å². The molecule has 0 amide bonds. The first-order chi connectivity index (χ1) is 14.6. The van der Waals surface area contributed by atoms with Crippen molar-refractivity contribution in [2.45, 2.75) is 45.4 Å². The molecule has 2 aromatic carbocycles. The molecular weight excluding hydrogens is 372 g/mol. The molecule has 0 aliphatic heterocycles. The fourth-order valence-corrected chi connectivity index (χ4v) is 4.64. The lowest BCUT2D eigenvalue weighted by Gasteiger charge is -2.28. The Morgan fingerprint density at radius 1 is 1.07 bits per heavy atom. The number of rotatable bonds is 6. The van der Waals surface area contributed by atoms with Gasteiger partial charge in [-0.2, -0.15) is 0 Å². The number of Topliss-reactive ketones (excluding diaryl/α,β-unsaturated/α-hetero) is 2. The molecule has 154 valence electrons. The fourth-order valence-electron chi connectivity index (χ4n) is 4.64. The lowest BCUT2D eigenvalue weighted by atomic mass is 9.74. The quantitative estimate of drug-likeness (QED) is 0.578. The molecule has 0 spiro atoms. The van der Waals surface area contributed by atoms with E-state index < -0.39 is 5.92 Å². The summed E-state index contributed by atoms with van der Waals surface area (Å²) in [5.41, 5.74) is 5.46. The van der Waals surface area contributed by atoms with Gasteiger partial charge < -0.3 is 4.98 Å². The normalized spacial score (nSPS) is 20.7. The van der Waals surface area contributed by atoms with Crippen molar-refractivity contribution in [2.24, 2.45) is 10.9 Å². The highest BCUT2D eigenvalue weighted by Gasteiger charge is 2.37. The van der Waals surface area contributed by atoms with Gasteiger partial charge in [0.15, 0.2) is 0 Å². The number of fused-ring (bicyclic) bond motifs is 1. The number of ketones is 2. The van der Waals surface area contributed by atoms with Crippen LogP contribution in [0.25, 0.3) is 10.9 Å². The van der Waals surface area contributed by atoms with Crippen LogP contribution in [0.1, 0.15) is 48.9 Å². The van der Waals surface area contributed by atoms with Crippen LogP contribution in [-0.2, 0) is 16.0 Å². The van der Waals surface area contributed by atoms with Gasteiger partial charge in [-0.1, -0.05) is 55.5 Å². The van der Waals surface area contributed by atoms with Gasteiger partial charge in [-0.05, 0) is 42.9 Å². The van der Waals surface area contributed by atoms with Gasteiger partial charge >= 0.3 is 0 Å². The molecule has 1 aliphatic rings. The van der Waals surface area contributed by atoms with Crippen molar-refractivity contribution in [3.05, 3.63) is 71.4 Å². The van der Waals surface area contributed by atoms with Gasteiger partial charge in [0.2, 0.25) is 0 Å². The Balaban J connectivity index is 1.58. The highest BCUT2D eigenvalue weighted by molar-refractivity contribution is 6.22. The number of para-hydroxylation sites is 1. The van der Waals surface area contributed by atoms with E-state index in [9.17, 15) is 9.59 Å². The summed E-state index contributed by atoms with van der Waals surface area (Å²) in [4.78, 5) is 33.7. The van der Waals surface area contributed by atoms with Gasteiger partial charge in [0.1, 0.15) is 17.5 Å². The number of hydrogen-bond acceptors (Lipinski definition) is 3. The van der Waals surface area contributed by atoms with Crippen molar-refractivity contribution in [1.29, 1.82) is 0 Å². The maximum absolute atomic E-state index is 12.9. The lowest BCUT2D eigenvalue weighted by Crippen LogP contribution is -2.38. The van der Waals surface area contributed by atoms with Crippen LogP contribution >= 0.6 is 0 Å². The SMILES string of the molecule is CCC(=O)[C@H]1C(=O)C[C@H](c2ccccc2)CC1=NCCc1c(C)[nH]c2ccccc12. The number of nitrogens with zero attached hydrogens (tertiary/aromatic N) is 1. The molecule has 4 nitrogen and oxygen atoms in total. The van der Waals surface area contributed by atoms with Crippen LogP contribution < -0.4 is 0 Å². The molecule has 1 saturated carbocycles. The Morgan fingerprint density at radius 3 is 2.57 bits per heavy atom. The molecule has 1 fully saturated rings. The van der Waals surface area contributed by atoms with E-state index in [2.05, 4.69) is 36.2 Å². The number of benzene rings is 2. The van der Waals surface area contributed by atoms with Crippen molar-refractivity contribution in [1.82, 2.24) is 4.98 Å². The van der Waals surface area contributed by atoms with Crippen molar-refractivity contribution >= 4 is 28.2 Å². The minimum atomic E-state index is -0.654. The van der Waals surface area contributed by atoms with Gasteiger partial charge in [0.25, 0.3) is 0 Å². The predicted octanol–water partition coefficient (Wildman–Crippen LogP) is 5.20. The van der Waals surface area contributed by atoms with E-state index in [1.54, 1.807) is 0 Å². The fraction of sp³-hybridized carbons (Fsp3) is 0.346. The van der Waals surface area contributed by atoms with Gasteiger partial charge in [-0.15, -0.1) is 0 Å². The minimum absolute atomic E-state index is 0.00598. The molecule has 0 bridgehead atoms. The zero-order chi connectivity index (χ0) is 21.1. The average Bonchev–Trinajstić information content (AvgIpc) is 3.09. The Kier molecular flexibility index (Phi) is 5.93. The number of H-pyrrole nitrogens is 1. The van der Waals surface area contributed by atoms with Gasteiger partial charge in [-0.25, -0.2) is 0 Å². The number of aliphatic imine (C=N–C) groups is 1. The summed E-state index contributed by atoms with van der Waals surface area (Å²) in [7, 11) is 0. The highest BCUT2D eigenvalue weighted by atomic mass is 16.2. The molecule has 30 heavy (non-hydrogen) atoms. The number of aromatic nitrogens is 1. The number of carbonyl (C=O) groups is 2. The van der Waals surface area contributed by atoms with Crippen molar-refractivity contribution < 1.29 is 9.59 Å². The summed E-state index contributed by atoms with van der Waals surface area (Å²) >= 11 is 0. The smallest absolute Gasteiger partial charge is 0.149 e. The molecule has 3 aromatic rings. The highest BCUT2D eigenvalue weighted by Crippen LogP contribution is 2.33. The van der Waals surface area contributed by atoms with E-state index in [4.69, 9.17) is 4.99 Å². The van der Waals surface area contributed by atoms with Gasteiger partial charge in [-0.3, -0.25) is 14.6 Å². The Labute approximate surface area is 177 Å². The second kappa shape index (κ2) is 8.78. The second-order valence-electron chi connectivity index (χ2n) is 8.13. The zero-order valence-electron chi connectivity index (χ0n) is 17.7. The summed E-state index contributed by atoms with van der Waals surface area (Å²) in [5, 5.41) is 1.22. The maximum Gasteiger partial charge on any atom is 0.149 e. The van der Waals surface area contributed by atoms with Crippen molar-refractivity contribution in [3.8, 4) is 0 Å². The van der Waals surface area contributed by atoms with Crippen LogP contribution in [0.2, 0.25) is 0 Å². The number of hydrogen-bond donors (Lipinski definition) is 1. The first kappa shape index (κ1) is 20.3. The molecule has 4 heteroatoms.